The van der Waals surface area contributed by atoms with Crippen molar-refractivity contribution in [2.75, 3.05) is 0 Å². The van der Waals surface area contributed by atoms with Gasteiger partial charge in [0.2, 0.25) is 5.91 Å². The van der Waals surface area contributed by atoms with E-state index in [0.717, 1.165) is 18.2 Å². The van der Waals surface area contributed by atoms with Gasteiger partial charge in [0.05, 0.1) is 6.10 Å². The minimum Gasteiger partial charge on any atom is -0.490 e. The van der Waals surface area contributed by atoms with E-state index >= 15 is 0 Å². The third kappa shape index (κ3) is 4.78. The lowest BCUT2D eigenvalue weighted by molar-refractivity contribution is -0.121. The molecule has 0 saturated heterocycles. The van der Waals surface area contributed by atoms with E-state index in [2.05, 4.69) is 0 Å². The summed E-state index contributed by atoms with van der Waals surface area (Å²) in [6.07, 6.45) is 0.255. The highest BCUT2D eigenvalue weighted by molar-refractivity contribution is 5.75. The summed E-state index contributed by atoms with van der Waals surface area (Å²) >= 11 is 0. The van der Waals surface area contributed by atoms with Gasteiger partial charge in [0, 0.05) is 24.6 Å². The SMILES string of the molecule is CC(CCC(=O)NN)Oc1cc(F)cc(F)c1. The Bertz CT molecular complexity index is 379. The molecule has 1 atom stereocenters. The summed E-state index contributed by atoms with van der Waals surface area (Å²) in [7, 11) is 0. The number of hydrogen-bond donors (Lipinski definition) is 2. The quantitative estimate of drug-likeness (QED) is 0.468. The molecule has 0 spiro atoms. The fourth-order valence-electron chi connectivity index (χ4n) is 1.29. The summed E-state index contributed by atoms with van der Waals surface area (Å²) < 4.78 is 31.0. The summed E-state index contributed by atoms with van der Waals surface area (Å²) in [5.74, 6) is 3.29. The molecule has 3 N–H and O–H groups in total. The number of nitrogens with two attached hydrogens (primary N) is 1. The summed E-state index contributed by atoms with van der Waals surface area (Å²) in [5.41, 5.74) is 1.99. The van der Waals surface area contributed by atoms with Crippen LogP contribution in [0.25, 0.3) is 0 Å². The smallest absolute Gasteiger partial charge is 0.234 e. The van der Waals surface area contributed by atoms with Gasteiger partial charge in [-0.25, -0.2) is 14.6 Å². The van der Waals surface area contributed by atoms with E-state index in [1.807, 2.05) is 5.43 Å². The van der Waals surface area contributed by atoms with Gasteiger partial charge >= 0.3 is 0 Å². The Morgan fingerprint density at radius 3 is 2.53 bits per heavy atom. The Balaban J connectivity index is 2.50. The summed E-state index contributed by atoms with van der Waals surface area (Å²) in [6, 6.07) is 2.94. The molecule has 94 valence electrons. The first-order valence-electron chi connectivity index (χ1n) is 5.13. The normalized spacial score (nSPS) is 12.0. The number of hydrazine groups is 1. The van der Waals surface area contributed by atoms with Crippen LogP contribution in [0.1, 0.15) is 19.8 Å². The number of rotatable bonds is 5. The van der Waals surface area contributed by atoms with Crippen LogP contribution in [0.5, 0.6) is 5.75 Å². The van der Waals surface area contributed by atoms with Crippen molar-refractivity contribution in [3.05, 3.63) is 29.8 Å². The molecule has 0 aliphatic carbocycles. The van der Waals surface area contributed by atoms with E-state index in [1.54, 1.807) is 6.92 Å². The van der Waals surface area contributed by atoms with Gasteiger partial charge < -0.3 is 4.74 Å². The molecule has 6 heteroatoms. The Morgan fingerprint density at radius 1 is 1.41 bits per heavy atom. The lowest BCUT2D eigenvalue weighted by Gasteiger charge is -2.14. The number of halogens is 2. The molecule has 1 aromatic rings. The fourth-order valence-corrected chi connectivity index (χ4v) is 1.29. The van der Waals surface area contributed by atoms with Crippen LogP contribution < -0.4 is 16.0 Å². The molecule has 1 unspecified atom stereocenters. The lowest BCUT2D eigenvalue weighted by atomic mass is 10.2. The monoisotopic (exact) mass is 244 g/mol. The van der Waals surface area contributed by atoms with E-state index in [1.165, 1.54) is 0 Å². The van der Waals surface area contributed by atoms with Crippen molar-refractivity contribution in [2.24, 2.45) is 5.84 Å². The third-order valence-electron chi connectivity index (χ3n) is 2.11. The fraction of sp³-hybridized carbons (Fsp3) is 0.364. The topological polar surface area (TPSA) is 64.4 Å². The third-order valence-corrected chi connectivity index (χ3v) is 2.11. The van der Waals surface area contributed by atoms with Crippen molar-refractivity contribution in [2.45, 2.75) is 25.9 Å². The van der Waals surface area contributed by atoms with Crippen LogP contribution >= 0.6 is 0 Å². The second kappa shape index (κ2) is 6.15. The van der Waals surface area contributed by atoms with Crippen LogP contribution in [0, 0.1) is 11.6 Å². The van der Waals surface area contributed by atoms with Crippen LogP contribution in [0.4, 0.5) is 8.78 Å². The van der Waals surface area contributed by atoms with Crippen LogP contribution in [0.3, 0.4) is 0 Å². The molecule has 4 nitrogen and oxygen atoms in total. The van der Waals surface area contributed by atoms with Crippen LogP contribution in [0.2, 0.25) is 0 Å². The van der Waals surface area contributed by atoms with Crippen molar-refractivity contribution in [1.82, 2.24) is 5.43 Å². The number of carbonyl (C=O) groups is 1. The largest absolute Gasteiger partial charge is 0.490 e. The standard InChI is InChI=1S/C11H14F2N2O2/c1-7(2-3-11(16)15-14)17-10-5-8(12)4-9(13)6-10/h4-7H,2-3,14H2,1H3,(H,15,16). The molecule has 0 radical (unpaired) electrons. The van der Waals surface area contributed by atoms with Crippen LogP contribution in [-0.2, 0) is 4.79 Å². The van der Waals surface area contributed by atoms with Crippen molar-refractivity contribution < 1.29 is 18.3 Å². The van der Waals surface area contributed by atoms with Gasteiger partial charge in [-0.3, -0.25) is 10.2 Å². The van der Waals surface area contributed by atoms with Gasteiger partial charge in [-0.1, -0.05) is 0 Å². The predicted molar refractivity (Wildman–Crippen MR) is 58.0 cm³/mol. The van der Waals surface area contributed by atoms with Crippen molar-refractivity contribution >= 4 is 5.91 Å². The number of ether oxygens (including phenoxy) is 1. The molecule has 0 heterocycles. The molecular formula is C11H14F2N2O2. The zero-order chi connectivity index (χ0) is 12.8. The first-order valence-corrected chi connectivity index (χ1v) is 5.13. The molecule has 0 fully saturated rings. The van der Waals surface area contributed by atoms with E-state index in [0.29, 0.717) is 6.42 Å². The number of carbonyl (C=O) groups excluding carboxylic acids is 1. The first kappa shape index (κ1) is 13.4. The molecule has 1 amide bonds. The van der Waals surface area contributed by atoms with Crippen molar-refractivity contribution in [1.29, 1.82) is 0 Å². The minimum atomic E-state index is -0.702. The Labute approximate surface area is 97.7 Å². The second-order valence-corrected chi connectivity index (χ2v) is 3.64. The maximum Gasteiger partial charge on any atom is 0.234 e. The Kier molecular flexibility index (Phi) is 4.84. The average molecular weight is 244 g/mol. The van der Waals surface area contributed by atoms with Crippen molar-refractivity contribution in [3.8, 4) is 5.75 Å². The summed E-state index contributed by atoms with van der Waals surface area (Å²) in [4.78, 5) is 10.9. The first-order chi connectivity index (χ1) is 8.01. The van der Waals surface area contributed by atoms with E-state index in [9.17, 15) is 13.6 Å². The van der Waals surface area contributed by atoms with Gasteiger partial charge in [0.15, 0.2) is 0 Å². The van der Waals surface area contributed by atoms with E-state index < -0.39 is 11.6 Å². The Morgan fingerprint density at radius 2 is 2.00 bits per heavy atom. The molecule has 0 aliphatic rings. The maximum absolute atomic E-state index is 12.8. The maximum atomic E-state index is 12.8. The average Bonchev–Trinajstić information content (AvgIpc) is 2.24. The molecule has 0 aliphatic heterocycles. The molecule has 1 rings (SSSR count). The molecule has 0 bridgehead atoms. The zero-order valence-electron chi connectivity index (χ0n) is 9.37. The van der Waals surface area contributed by atoms with Crippen molar-refractivity contribution in [3.63, 3.8) is 0 Å². The molecule has 0 aromatic heterocycles. The molecule has 0 saturated carbocycles. The highest BCUT2D eigenvalue weighted by Crippen LogP contribution is 2.17. The highest BCUT2D eigenvalue weighted by atomic mass is 19.1. The van der Waals surface area contributed by atoms with Gasteiger partial charge in [0.25, 0.3) is 0 Å². The highest BCUT2D eigenvalue weighted by Gasteiger charge is 2.09. The van der Waals surface area contributed by atoms with Crippen LogP contribution in [-0.4, -0.2) is 12.0 Å². The number of hydrogen-bond acceptors (Lipinski definition) is 3. The van der Waals surface area contributed by atoms with Crippen LogP contribution in [0.15, 0.2) is 18.2 Å². The molecule has 17 heavy (non-hydrogen) atoms. The summed E-state index contributed by atoms with van der Waals surface area (Å²) in [5, 5.41) is 0. The predicted octanol–water partition coefficient (Wildman–Crippen LogP) is 1.50. The number of amides is 1. The van der Waals surface area contributed by atoms with Gasteiger partial charge in [0.1, 0.15) is 17.4 Å². The number of benzene rings is 1. The van der Waals surface area contributed by atoms with E-state index in [-0.39, 0.29) is 24.2 Å². The van der Waals surface area contributed by atoms with Gasteiger partial charge in [-0.15, -0.1) is 0 Å². The lowest BCUT2D eigenvalue weighted by Crippen LogP contribution is -2.30. The Hall–Kier alpha value is -1.69. The summed E-state index contributed by atoms with van der Waals surface area (Å²) in [6.45, 7) is 1.70. The second-order valence-electron chi connectivity index (χ2n) is 3.64. The van der Waals surface area contributed by atoms with Gasteiger partial charge in [-0.2, -0.15) is 0 Å². The van der Waals surface area contributed by atoms with Gasteiger partial charge in [-0.05, 0) is 13.3 Å². The van der Waals surface area contributed by atoms with E-state index in [4.69, 9.17) is 10.6 Å². The molecule has 1 aromatic carbocycles. The number of nitrogens with one attached hydrogen (secondary N) is 1. The molecular weight excluding hydrogens is 230 g/mol. The minimum absolute atomic E-state index is 0.100. The zero-order valence-corrected chi connectivity index (χ0v) is 9.37.